The Morgan fingerprint density at radius 1 is 1.34 bits per heavy atom. The van der Waals surface area contributed by atoms with Crippen molar-refractivity contribution in [2.24, 2.45) is 0 Å². The van der Waals surface area contributed by atoms with Crippen LogP contribution in [0.25, 0.3) is 11.1 Å². The SMILES string of the molecule is Cc1noc(C)c1Cn1cc(-c2ccc(O)c(N3CC(=O)NS3(=O)=O)c2F)cn1. The third-order valence-electron chi connectivity index (χ3n) is 4.61. The lowest BCUT2D eigenvalue weighted by molar-refractivity contribution is -0.117. The maximum Gasteiger partial charge on any atom is 0.326 e. The Hall–Kier alpha value is -3.41. The number of benzene rings is 1. The number of halogens is 1. The first-order valence-electron chi connectivity index (χ1n) is 8.46. The fraction of sp³-hybridized carbons (Fsp3) is 0.235. The molecule has 1 aliphatic heterocycles. The van der Waals surface area contributed by atoms with Crippen LogP contribution in [-0.4, -0.2) is 40.9 Å². The number of phenols is 1. The zero-order chi connectivity index (χ0) is 20.9. The van der Waals surface area contributed by atoms with Gasteiger partial charge >= 0.3 is 10.2 Å². The highest BCUT2D eigenvalue weighted by atomic mass is 32.2. The van der Waals surface area contributed by atoms with Gasteiger partial charge in [0, 0.05) is 22.9 Å². The molecule has 29 heavy (non-hydrogen) atoms. The summed E-state index contributed by atoms with van der Waals surface area (Å²) in [6.45, 7) is 3.31. The minimum atomic E-state index is -4.28. The van der Waals surface area contributed by atoms with Gasteiger partial charge in [0.1, 0.15) is 23.7 Å². The predicted molar refractivity (Wildman–Crippen MR) is 98.8 cm³/mol. The Bertz CT molecular complexity index is 1210. The number of nitrogens with zero attached hydrogens (tertiary/aromatic N) is 4. The maximum atomic E-state index is 15.2. The minimum Gasteiger partial charge on any atom is -0.506 e. The number of nitrogens with one attached hydrogen (secondary N) is 1. The molecule has 4 rings (SSSR count). The molecule has 0 spiro atoms. The number of rotatable bonds is 4. The molecule has 12 heteroatoms. The topological polar surface area (TPSA) is 131 Å². The molecule has 1 fully saturated rings. The van der Waals surface area contributed by atoms with Crippen LogP contribution in [0.5, 0.6) is 5.75 Å². The van der Waals surface area contributed by atoms with Crippen LogP contribution < -0.4 is 9.03 Å². The van der Waals surface area contributed by atoms with E-state index in [0.29, 0.717) is 27.9 Å². The van der Waals surface area contributed by atoms with Crippen LogP contribution in [0.2, 0.25) is 0 Å². The molecule has 2 aromatic heterocycles. The van der Waals surface area contributed by atoms with E-state index >= 15 is 4.39 Å². The summed E-state index contributed by atoms with van der Waals surface area (Å²) in [5.41, 5.74) is 1.36. The van der Waals surface area contributed by atoms with Gasteiger partial charge < -0.3 is 9.63 Å². The second-order valence-corrected chi connectivity index (χ2v) is 8.16. The van der Waals surface area contributed by atoms with Crippen LogP contribution in [0.1, 0.15) is 17.0 Å². The molecule has 1 aromatic carbocycles. The van der Waals surface area contributed by atoms with Crippen molar-refractivity contribution in [1.82, 2.24) is 19.7 Å². The molecule has 10 nitrogen and oxygen atoms in total. The molecule has 1 amide bonds. The van der Waals surface area contributed by atoms with E-state index in [0.717, 1.165) is 11.6 Å². The second-order valence-electron chi connectivity index (χ2n) is 6.56. The van der Waals surface area contributed by atoms with Crippen LogP contribution in [0, 0.1) is 19.7 Å². The van der Waals surface area contributed by atoms with E-state index in [1.165, 1.54) is 12.3 Å². The Balaban J connectivity index is 1.72. The van der Waals surface area contributed by atoms with E-state index < -0.39 is 39.9 Å². The van der Waals surface area contributed by atoms with Crippen LogP contribution >= 0.6 is 0 Å². The third kappa shape index (κ3) is 3.20. The summed E-state index contributed by atoms with van der Waals surface area (Å²) in [6.07, 6.45) is 2.99. The molecule has 0 radical (unpaired) electrons. The second kappa shape index (κ2) is 6.58. The third-order valence-corrected chi connectivity index (χ3v) is 5.99. The van der Waals surface area contributed by atoms with E-state index in [-0.39, 0.29) is 5.56 Å². The van der Waals surface area contributed by atoms with Crippen LogP contribution in [0.3, 0.4) is 0 Å². The molecule has 0 saturated carbocycles. The average molecular weight is 421 g/mol. The van der Waals surface area contributed by atoms with Gasteiger partial charge in [0.05, 0.1) is 18.4 Å². The van der Waals surface area contributed by atoms with Crippen molar-refractivity contribution >= 4 is 21.8 Å². The van der Waals surface area contributed by atoms with Crippen LogP contribution in [0.4, 0.5) is 10.1 Å². The number of amides is 1. The van der Waals surface area contributed by atoms with Crippen molar-refractivity contribution in [1.29, 1.82) is 0 Å². The van der Waals surface area contributed by atoms with Gasteiger partial charge in [-0.25, -0.2) is 13.4 Å². The normalized spacial score (nSPS) is 15.7. The molecule has 1 aliphatic rings. The monoisotopic (exact) mass is 421 g/mol. The predicted octanol–water partition coefficient (Wildman–Crippen LogP) is 1.23. The summed E-state index contributed by atoms with van der Waals surface area (Å²) < 4.78 is 48.2. The number of aromatic nitrogens is 3. The Kier molecular flexibility index (Phi) is 4.30. The number of anilines is 1. The molecule has 2 N–H and O–H groups in total. The standard InChI is InChI=1S/C17H16FN5O5S/c1-9-13(10(2)28-20-9)7-22-6-11(5-19-22)12-3-4-14(24)17(16(12)18)23-8-15(25)21-29(23,26)27/h3-6,24H,7-8H2,1-2H3,(H,21,25). The summed E-state index contributed by atoms with van der Waals surface area (Å²) in [5.74, 6) is -1.76. The molecule has 3 aromatic rings. The number of carbonyl (C=O) groups is 1. The first-order valence-corrected chi connectivity index (χ1v) is 9.90. The van der Waals surface area contributed by atoms with E-state index in [4.69, 9.17) is 4.52 Å². The van der Waals surface area contributed by atoms with Crippen molar-refractivity contribution < 1.29 is 27.2 Å². The quantitative estimate of drug-likeness (QED) is 0.648. The lowest BCUT2D eigenvalue weighted by Crippen LogP contribution is -2.30. The molecule has 0 unspecified atom stereocenters. The molecule has 3 heterocycles. The fourth-order valence-electron chi connectivity index (χ4n) is 3.14. The lowest BCUT2D eigenvalue weighted by atomic mass is 10.1. The highest BCUT2D eigenvalue weighted by molar-refractivity contribution is 7.92. The molecule has 0 aliphatic carbocycles. The molecule has 0 bridgehead atoms. The number of aryl methyl sites for hydroxylation is 2. The number of hydrogen-bond donors (Lipinski definition) is 2. The first kappa shape index (κ1) is 18.9. The van der Waals surface area contributed by atoms with Gasteiger partial charge in [0.2, 0.25) is 0 Å². The van der Waals surface area contributed by atoms with Crippen molar-refractivity contribution in [2.45, 2.75) is 20.4 Å². The number of aromatic hydroxyl groups is 1. The molecular weight excluding hydrogens is 405 g/mol. The van der Waals surface area contributed by atoms with Gasteiger partial charge in [-0.05, 0) is 26.0 Å². The summed E-state index contributed by atoms with van der Waals surface area (Å²) in [6, 6.07) is 2.47. The highest BCUT2D eigenvalue weighted by Crippen LogP contribution is 2.38. The summed E-state index contributed by atoms with van der Waals surface area (Å²) in [4.78, 5) is 11.5. The fourth-order valence-corrected chi connectivity index (χ4v) is 4.30. The summed E-state index contributed by atoms with van der Waals surface area (Å²) in [7, 11) is -4.28. The van der Waals surface area contributed by atoms with Gasteiger partial charge in [-0.3, -0.25) is 9.48 Å². The lowest BCUT2D eigenvalue weighted by Gasteiger charge is -2.18. The number of hydrogen-bond acceptors (Lipinski definition) is 7. The van der Waals surface area contributed by atoms with Gasteiger partial charge in [-0.1, -0.05) is 5.16 Å². The van der Waals surface area contributed by atoms with E-state index in [9.17, 15) is 18.3 Å². The van der Waals surface area contributed by atoms with Crippen LogP contribution in [-0.2, 0) is 21.5 Å². The molecule has 1 saturated heterocycles. The Morgan fingerprint density at radius 3 is 2.72 bits per heavy atom. The molecular formula is C17H16FN5O5S. The van der Waals surface area contributed by atoms with Gasteiger partial charge in [0.25, 0.3) is 5.91 Å². The smallest absolute Gasteiger partial charge is 0.326 e. The maximum absolute atomic E-state index is 15.2. The number of carbonyl (C=O) groups excluding carboxylic acids is 1. The zero-order valence-electron chi connectivity index (χ0n) is 15.4. The largest absolute Gasteiger partial charge is 0.506 e. The van der Waals surface area contributed by atoms with Crippen LogP contribution in [0.15, 0.2) is 29.0 Å². The van der Waals surface area contributed by atoms with Gasteiger partial charge in [0.15, 0.2) is 5.82 Å². The average Bonchev–Trinajstić information content (AvgIpc) is 3.29. The highest BCUT2D eigenvalue weighted by Gasteiger charge is 2.38. The van der Waals surface area contributed by atoms with Gasteiger partial charge in [-0.2, -0.15) is 13.5 Å². The van der Waals surface area contributed by atoms with E-state index in [2.05, 4.69) is 10.3 Å². The zero-order valence-corrected chi connectivity index (χ0v) is 16.2. The van der Waals surface area contributed by atoms with Crippen molar-refractivity contribution in [3.8, 4) is 16.9 Å². The van der Waals surface area contributed by atoms with Gasteiger partial charge in [-0.15, -0.1) is 0 Å². The summed E-state index contributed by atoms with van der Waals surface area (Å²) >= 11 is 0. The van der Waals surface area contributed by atoms with Crippen molar-refractivity contribution in [3.63, 3.8) is 0 Å². The Labute approximate surface area is 164 Å². The van der Waals surface area contributed by atoms with Crippen molar-refractivity contribution in [3.05, 3.63) is 47.4 Å². The number of phenolic OH excluding ortho intramolecular Hbond substituents is 1. The molecule has 152 valence electrons. The summed E-state index contributed by atoms with van der Waals surface area (Å²) in [5, 5.41) is 18.1. The van der Waals surface area contributed by atoms with Crippen molar-refractivity contribution in [2.75, 3.05) is 10.8 Å². The molecule has 0 atom stereocenters. The first-order chi connectivity index (χ1) is 13.7. The minimum absolute atomic E-state index is 0.0253. The Morgan fingerprint density at radius 2 is 2.10 bits per heavy atom. The van der Waals surface area contributed by atoms with E-state index in [1.54, 1.807) is 29.4 Å². The van der Waals surface area contributed by atoms with E-state index in [1.807, 2.05) is 0 Å².